The number of hydrogen-bond donors (Lipinski definition) is 1. The number of rotatable bonds is 3. The number of pyridine rings is 2. The molecule has 12 heteroatoms. The van der Waals surface area contributed by atoms with Crippen LogP contribution in [0.5, 0.6) is 0 Å². The number of imidazole rings is 2. The normalized spacial score (nSPS) is 10.0. The maximum absolute atomic E-state index is 5.01. The molecule has 45 heavy (non-hydrogen) atoms. The SMILES string of the molecule is [CH-]=CC=C[C-]=N[CH]=[W].[Y].c1ccc2[nH]cnc2c1.c1ccn2ccnc2c1.c1ccn2nccc2c1.c1cnc2ccnn2c1. The van der Waals surface area contributed by atoms with Crippen molar-refractivity contribution in [3.8, 4) is 0 Å². The van der Waals surface area contributed by atoms with E-state index in [1.807, 2.05) is 113 Å². The summed E-state index contributed by atoms with van der Waals surface area (Å²) in [6, 6.07) is 25.5. The van der Waals surface area contributed by atoms with Crippen LogP contribution in [0.25, 0.3) is 27.8 Å². The van der Waals surface area contributed by atoms with Gasteiger partial charge in [0.05, 0.1) is 29.1 Å². The van der Waals surface area contributed by atoms with Gasteiger partial charge < -0.3 is 9.38 Å². The van der Waals surface area contributed by atoms with E-state index in [2.05, 4.69) is 41.3 Å². The maximum Gasteiger partial charge on any atom is 0.154 e. The van der Waals surface area contributed by atoms with Gasteiger partial charge in [-0.05, 0) is 48.5 Å². The molecule has 7 aromatic heterocycles. The standard InChI is InChI=1S/3C7H6N2.C6H5N3.C6H5N.W.Y/c1-2-6-9-7(3-1)4-5-8-9;1-2-5-9-6-4-8-7(9)3-1;1-2-4-7-6(3-1)8-5-9-7;1-3-7-6-2-4-8-9(6)5-1;1-3-4-5-6-7-2;;/h2*1-6H;1-5H,(H,8,9);1-5H;1-5H;;/q;;;;-2;;. The van der Waals surface area contributed by atoms with Gasteiger partial charge in [0, 0.05) is 82.2 Å². The van der Waals surface area contributed by atoms with Gasteiger partial charge in [0.25, 0.3) is 0 Å². The van der Waals surface area contributed by atoms with Crippen molar-refractivity contribution < 1.29 is 52.1 Å². The second-order valence-electron chi connectivity index (χ2n) is 8.38. The van der Waals surface area contributed by atoms with E-state index in [1.54, 1.807) is 52.3 Å². The summed E-state index contributed by atoms with van der Waals surface area (Å²) in [5, 5.41) is 8.01. The summed E-state index contributed by atoms with van der Waals surface area (Å²) in [5.74, 6) is 0. The molecule has 1 radical (unpaired) electrons. The van der Waals surface area contributed by atoms with E-state index in [1.165, 1.54) is 25.4 Å². The van der Waals surface area contributed by atoms with E-state index in [-0.39, 0.29) is 32.7 Å². The van der Waals surface area contributed by atoms with Crippen LogP contribution in [0.1, 0.15) is 0 Å². The van der Waals surface area contributed by atoms with E-state index in [9.17, 15) is 0 Å². The molecule has 8 rings (SSSR count). The Balaban J connectivity index is 0.000000153. The Bertz CT molecular complexity index is 1650. The van der Waals surface area contributed by atoms with Crippen molar-refractivity contribution in [3.63, 3.8) is 0 Å². The van der Waals surface area contributed by atoms with Crippen molar-refractivity contribution in [1.29, 1.82) is 0 Å². The number of para-hydroxylation sites is 2. The molecule has 0 unspecified atom stereocenters. The molecule has 10 nitrogen and oxygen atoms in total. The number of aromatic nitrogens is 9. The topological polar surface area (TPSA) is 106 Å². The summed E-state index contributed by atoms with van der Waals surface area (Å²) in [4.78, 5) is 18.9. The van der Waals surface area contributed by atoms with Crippen molar-refractivity contribution in [1.82, 2.24) is 43.6 Å². The summed E-state index contributed by atoms with van der Waals surface area (Å²) < 4.78 is 7.26. The molecule has 0 bridgehead atoms. The average molecular weight is 837 g/mol. The van der Waals surface area contributed by atoms with E-state index in [4.69, 9.17) is 6.58 Å². The van der Waals surface area contributed by atoms with Gasteiger partial charge in [0.2, 0.25) is 0 Å². The molecule has 0 saturated carbocycles. The van der Waals surface area contributed by atoms with Gasteiger partial charge in [-0.2, -0.15) is 10.2 Å². The van der Waals surface area contributed by atoms with Crippen molar-refractivity contribution in [2.75, 3.05) is 0 Å². The Morgan fingerprint density at radius 3 is 2.29 bits per heavy atom. The number of allylic oxidation sites excluding steroid dienone is 3. The fourth-order valence-corrected chi connectivity index (χ4v) is 3.76. The van der Waals surface area contributed by atoms with Crippen molar-refractivity contribution in [3.05, 3.63) is 160 Å². The smallest absolute Gasteiger partial charge is 0.154 e. The van der Waals surface area contributed by atoms with E-state index >= 15 is 0 Å². The first-order valence-corrected chi connectivity index (χ1v) is 15.0. The molecular weight excluding hydrogens is 809 g/mol. The molecule has 0 atom stereocenters. The zero-order valence-electron chi connectivity index (χ0n) is 24.1. The van der Waals surface area contributed by atoms with Gasteiger partial charge in [-0.3, -0.25) is 0 Å². The van der Waals surface area contributed by atoms with Crippen LogP contribution in [0.3, 0.4) is 0 Å². The minimum Gasteiger partial charge on any atom is -0.345 e. The van der Waals surface area contributed by atoms with Gasteiger partial charge >= 0.3 is 59.9 Å². The molecule has 1 aromatic carbocycles. The summed E-state index contributed by atoms with van der Waals surface area (Å²) in [7, 11) is 0. The van der Waals surface area contributed by atoms with E-state index < -0.39 is 0 Å². The largest absolute Gasteiger partial charge is 0.345 e. The fraction of sp³-hybridized carbons (Fsp3) is 0. The van der Waals surface area contributed by atoms with Crippen molar-refractivity contribution in [2.24, 2.45) is 4.99 Å². The first-order chi connectivity index (χ1) is 21.8. The number of nitrogens with one attached hydrogen (secondary N) is 1. The Morgan fingerprint density at radius 1 is 0.733 bits per heavy atom. The summed E-state index contributed by atoms with van der Waals surface area (Å²) in [6.45, 7) is 5.01. The van der Waals surface area contributed by atoms with Gasteiger partial charge in [0.15, 0.2) is 5.65 Å². The van der Waals surface area contributed by atoms with Crippen LogP contribution in [0, 0.1) is 6.58 Å². The van der Waals surface area contributed by atoms with Crippen LogP contribution in [0.2, 0.25) is 0 Å². The third-order valence-corrected chi connectivity index (χ3v) is 5.89. The monoisotopic (exact) mass is 837 g/mol. The number of nitrogens with zero attached hydrogens (tertiary/aromatic N) is 9. The zero-order valence-corrected chi connectivity index (χ0v) is 29.9. The Hall–Kier alpha value is -4.50. The first kappa shape index (κ1) is 35.0. The summed E-state index contributed by atoms with van der Waals surface area (Å²) in [5.41, 5.74) is 5.14. The van der Waals surface area contributed by atoms with E-state index in [0.717, 1.165) is 27.8 Å². The molecule has 8 aromatic rings. The maximum atomic E-state index is 5.01. The molecule has 0 spiro atoms. The first-order valence-electron chi connectivity index (χ1n) is 13.3. The van der Waals surface area contributed by atoms with E-state index in [0.29, 0.717) is 0 Å². The Kier molecular flexibility index (Phi) is 15.9. The average Bonchev–Trinajstić information content (AvgIpc) is 3.91. The molecule has 0 saturated heterocycles. The molecule has 0 aliphatic carbocycles. The number of hydrogen-bond acceptors (Lipinski definition) is 6. The summed E-state index contributed by atoms with van der Waals surface area (Å²) >= 11 is 1.32. The third kappa shape index (κ3) is 11.8. The van der Waals surface area contributed by atoms with Gasteiger partial charge in [0.1, 0.15) is 5.65 Å². The Morgan fingerprint density at radius 2 is 1.49 bits per heavy atom. The second kappa shape index (κ2) is 20.5. The van der Waals surface area contributed by atoms with Crippen LogP contribution in [0.4, 0.5) is 0 Å². The minimum atomic E-state index is 0. The predicted octanol–water partition coefficient (Wildman–Crippen LogP) is 5.74. The van der Waals surface area contributed by atoms with Crippen LogP contribution in [-0.4, -0.2) is 54.3 Å². The molecule has 7 heterocycles. The number of aromatic amines is 1. The van der Waals surface area contributed by atoms with Gasteiger partial charge in [-0.25, -0.2) is 24.0 Å². The predicted molar refractivity (Wildman–Crippen MR) is 171 cm³/mol. The number of benzene rings is 1. The minimum absolute atomic E-state index is 0. The number of aliphatic imine (C=N–C) groups is 1. The molecule has 221 valence electrons. The fourth-order valence-electron chi connectivity index (χ4n) is 3.55. The quantitative estimate of drug-likeness (QED) is 0.139. The van der Waals surface area contributed by atoms with Crippen molar-refractivity contribution >= 4 is 38.6 Å². The van der Waals surface area contributed by atoms with Gasteiger partial charge in [-0.1, -0.05) is 24.3 Å². The van der Waals surface area contributed by atoms with Crippen LogP contribution in [-0.2, 0) is 52.1 Å². The second-order valence-corrected chi connectivity index (χ2v) is 9.14. The van der Waals surface area contributed by atoms with Crippen LogP contribution < -0.4 is 0 Å². The van der Waals surface area contributed by atoms with Gasteiger partial charge in [-0.15, -0.1) is 0 Å². The summed E-state index contributed by atoms with van der Waals surface area (Å²) in [6.07, 6.45) is 23.8. The van der Waals surface area contributed by atoms with Crippen LogP contribution in [0.15, 0.2) is 158 Å². The molecule has 0 amide bonds. The number of H-pyrrole nitrogens is 1. The zero-order chi connectivity index (χ0) is 30.7. The molecule has 0 aliphatic heterocycles. The van der Waals surface area contributed by atoms with Crippen molar-refractivity contribution in [2.45, 2.75) is 0 Å². The molecule has 1 N–H and O–H groups in total. The third-order valence-electron chi connectivity index (χ3n) is 5.51. The Labute approximate surface area is 296 Å². The molecule has 0 fully saturated rings. The number of fused-ring (bicyclic) bond motifs is 4. The molecular formula is C33H28N10WY-2. The van der Waals surface area contributed by atoms with Crippen LogP contribution >= 0.6 is 0 Å². The molecule has 0 aliphatic rings.